The summed E-state index contributed by atoms with van der Waals surface area (Å²) >= 11 is 0. The Kier molecular flexibility index (Phi) is 107. The Morgan fingerprint density at radius 3 is 1.07 bits per heavy atom. The van der Waals surface area contributed by atoms with E-state index in [0.717, 1.165) is 135 Å². The molecule has 44 heteroatoms. The highest BCUT2D eigenvalue weighted by Gasteiger charge is 2.38. The summed E-state index contributed by atoms with van der Waals surface area (Å²) in [6, 6.07) is -4.33. The van der Waals surface area contributed by atoms with Crippen LogP contribution in [0.15, 0.2) is 0 Å². The van der Waals surface area contributed by atoms with Gasteiger partial charge in [0.25, 0.3) is 0 Å². The van der Waals surface area contributed by atoms with Crippen LogP contribution < -0.4 is 64.6 Å². The van der Waals surface area contributed by atoms with Gasteiger partial charge in [-0.3, -0.25) is 86.3 Å². The van der Waals surface area contributed by atoms with Gasteiger partial charge in [0.15, 0.2) is 34.7 Å². The number of rotatable bonds is 71. The number of hydrogen-bond donors (Lipinski definition) is 13. The molecule has 0 bridgehead atoms. The van der Waals surface area contributed by atoms with Gasteiger partial charge in [-0.15, -0.1) is 0 Å². The number of ether oxygens (including phenoxy) is 7. The van der Waals surface area contributed by atoms with Crippen LogP contribution in [-0.2, 0) is 139 Å². The maximum atomic E-state index is 12.1. The molecular formula is C104H202N12O30S2. The molecule has 1 fully saturated rings. The molecule has 0 heterocycles. The van der Waals surface area contributed by atoms with Crippen molar-refractivity contribution in [3.05, 3.63) is 0 Å². The third-order valence-corrected chi connectivity index (χ3v) is 23.7. The van der Waals surface area contributed by atoms with Crippen molar-refractivity contribution in [2.75, 3.05) is 144 Å². The van der Waals surface area contributed by atoms with Crippen LogP contribution in [0.2, 0.25) is 0 Å². The first-order valence-corrected chi connectivity index (χ1v) is 56.4. The van der Waals surface area contributed by atoms with E-state index in [1.54, 1.807) is 62.6 Å². The molecule has 1 rings (SSSR count). The summed E-state index contributed by atoms with van der Waals surface area (Å²) in [5, 5.41) is 35.3. The Labute approximate surface area is 887 Å². The van der Waals surface area contributed by atoms with Crippen LogP contribution in [0, 0.1) is 11.8 Å². The summed E-state index contributed by atoms with van der Waals surface area (Å²) in [4.78, 5) is 201. The minimum absolute atomic E-state index is 0.000233. The zero-order valence-electron chi connectivity index (χ0n) is 95.9. The maximum Gasteiger partial charge on any atom is 0.303 e. The lowest BCUT2D eigenvalue weighted by atomic mass is 9.79. The zero-order chi connectivity index (χ0) is 116. The molecule has 0 unspecified atom stereocenters. The number of likely N-dealkylation sites (N-methyl/N-ethyl adjacent to an activating group) is 3. The number of sulfone groups is 2. The van der Waals surface area contributed by atoms with E-state index >= 15 is 0 Å². The third kappa shape index (κ3) is 109. The number of amides is 7. The van der Waals surface area contributed by atoms with E-state index in [1.807, 2.05) is 27.7 Å². The van der Waals surface area contributed by atoms with Crippen LogP contribution in [0.25, 0.3) is 0 Å². The molecular weight excluding hydrogens is 1960 g/mol. The van der Waals surface area contributed by atoms with Crippen LogP contribution in [0.1, 0.15) is 346 Å². The van der Waals surface area contributed by atoms with Crippen molar-refractivity contribution < 1.29 is 141 Å². The van der Waals surface area contributed by atoms with Gasteiger partial charge < -0.3 is 103 Å². The third-order valence-electron chi connectivity index (χ3n) is 21.8. The number of carbonyl (C=O) groups is 18. The fraction of sp³-hybridized carbons (Fsp3) is 0.827. The lowest BCUT2D eigenvalue weighted by molar-refractivity contribution is -0.146. The molecule has 0 aromatic carbocycles. The van der Waals surface area contributed by atoms with E-state index in [9.17, 15) is 103 Å². The number of hydrogen-bond acceptors (Lipinski definition) is 34. The summed E-state index contributed by atoms with van der Waals surface area (Å²) in [7, 11) is -1.52. The van der Waals surface area contributed by atoms with Gasteiger partial charge in [-0.1, -0.05) is 127 Å². The predicted octanol–water partition coefficient (Wildman–Crippen LogP) is 8.26. The van der Waals surface area contributed by atoms with Crippen LogP contribution in [-0.4, -0.2) is 331 Å². The second-order valence-electron chi connectivity index (χ2n) is 37.3. The van der Waals surface area contributed by atoms with Gasteiger partial charge >= 0.3 is 11.9 Å². The number of esters is 1. The molecule has 0 aliphatic heterocycles. The minimum atomic E-state index is -3.24. The predicted molar refractivity (Wildman–Crippen MR) is 578 cm³/mol. The fourth-order valence-corrected chi connectivity index (χ4v) is 12.7. The number of nitrogens with one attached hydrogen (secondary N) is 10. The van der Waals surface area contributed by atoms with E-state index in [-0.39, 0.29) is 156 Å². The second kappa shape index (κ2) is 101. The average Bonchev–Trinajstić information content (AvgIpc) is 0.820. The molecule has 0 radical (unpaired) electrons. The Morgan fingerprint density at radius 1 is 0.399 bits per heavy atom. The smallest absolute Gasteiger partial charge is 0.303 e. The Balaban J connectivity index is -0.000000210. The first kappa shape index (κ1) is 157. The van der Waals surface area contributed by atoms with Crippen LogP contribution >= 0.6 is 0 Å². The van der Waals surface area contributed by atoms with Gasteiger partial charge in [0.05, 0.1) is 111 Å². The number of carboxylic acid groups (broad SMARTS) is 1. The normalized spacial score (nSPS) is 13.4. The van der Waals surface area contributed by atoms with Gasteiger partial charge in [-0.2, -0.15) is 0 Å². The van der Waals surface area contributed by atoms with E-state index < -0.39 is 78.7 Å². The summed E-state index contributed by atoms with van der Waals surface area (Å²) < 4.78 is 81.1. The molecule has 0 saturated heterocycles. The lowest BCUT2D eigenvalue weighted by Crippen LogP contribution is -2.54. The topological polar surface area (TPSA) is 633 Å². The molecule has 1 aliphatic rings. The highest BCUT2D eigenvalue weighted by molar-refractivity contribution is 7.90. The van der Waals surface area contributed by atoms with E-state index in [0.29, 0.717) is 130 Å². The highest BCUT2D eigenvalue weighted by Crippen LogP contribution is 2.29. The van der Waals surface area contributed by atoms with Crippen molar-refractivity contribution in [1.29, 1.82) is 0 Å². The molecule has 0 spiro atoms. The number of carbonyl (C=O) groups excluding carboxylic acids is 17. The number of ketones is 9. The summed E-state index contributed by atoms with van der Waals surface area (Å²) in [5.41, 5.74) is 9.47. The average molecular weight is 2160 g/mol. The molecule has 9 atom stereocenters. The lowest BCUT2D eigenvalue weighted by Gasteiger charge is -2.35. The number of Topliss-reactive ketones (excluding diaryl/α,β-unsaturated/α-hetero) is 9. The quantitative estimate of drug-likeness (QED) is 0.0201. The Bertz CT molecular complexity index is 3870. The molecule has 1 saturated carbocycles. The molecule has 42 nitrogen and oxygen atoms in total. The van der Waals surface area contributed by atoms with Crippen molar-refractivity contribution in [3.8, 4) is 0 Å². The Morgan fingerprint density at radius 2 is 0.764 bits per heavy atom. The van der Waals surface area contributed by atoms with Gasteiger partial charge in [-0.25, -0.2) is 16.8 Å². The summed E-state index contributed by atoms with van der Waals surface area (Å²) in [5.74, 6) is -2.97. The van der Waals surface area contributed by atoms with Crippen LogP contribution in [0.3, 0.4) is 0 Å². The minimum Gasteiger partial charge on any atom is -0.481 e. The SMILES string of the molecule is CCCCOCCC(=O)NC(C)(C)C(C)=O.CCCCOCCC(=O)NC1(C(C)=O)CCCCC1.CCCCOCCC(=O)NC[C@H](C)OC(C)=O.CCCCOCCC(=O)N[C@@H](C(C)=O)C(C)C.CCCCOCCC(=O)N[C@H](C)C(C)=O.CCCCOCCC(C)=O.CC[C@@H](C)C(C)=O.CNC[C@@H](N)C(=O)N[C@H](CCC(=O)O)C(C)=O.CNC[C@@H](N)C(C)=O.CN[C@@H](CCS(C)(=O)=O)C(=O)N[C@@H](CCS(C)(=O)=O)C(C)=O. The van der Waals surface area contributed by atoms with E-state index in [1.165, 1.54) is 55.5 Å². The number of carboxylic acids is 1. The Hall–Kier alpha value is -8.28. The highest BCUT2D eigenvalue weighted by atomic mass is 32.2. The summed E-state index contributed by atoms with van der Waals surface area (Å²) in [6.45, 7) is 50.1. The van der Waals surface area contributed by atoms with Gasteiger partial charge in [0, 0.05) is 123 Å². The van der Waals surface area contributed by atoms with Crippen LogP contribution in [0.5, 0.6) is 0 Å². The second-order valence-corrected chi connectivity index (χ2v) is 41.8. The first-order valence-electron chi connectivity index (χ1n) is 52.3. The van der Waals surface area contributed by atoms with Gasteiger partial charge in [0.2, 0.25) is 41.4 Å². The van der Waals surface area contributed by atoms with Crippen molar-refractivity contribution in [1.82, 2.24) is 53.2 Å². The molecule has 148 heavy (non-hydrogen) atoms. The van der Waals surface area contributed by atoms with Crippen molar-refractivity contribution in [2.45, 2.75) is 405 Å². The van der Waals surface area contributed by atoms with Crippen molar-refractivity contribution in [3.63, 3.8) is 0 Å². The largest absolute Gasteiger partial charge is 0.481 e. The number of nitrogens with two attached hydrogens (primary N) is 2. The van der Waals surface area contributed by atoms with Crippen molar-refractivity contribution in [2.24, 2.45) is 23.3 Å². The molecule has 15 N–H and O–H groups in total. The molecule has 1 aliphatic carbocycles. The van der Waals surface area contributed by atoms with E-state index in [4.69, 9.17) is 49.7 Å². The summed E-state index contributed by atoms with van der Waals surface area (Å²) in [6.07, 6.45) is 22.5. The van der Waals surface area contributed by atoms with Gasteiger partial charge in [-0.05, 0) is 194 Å². The number of aliphatic carboxylic acids is 1. The zero-order valence-corrected chi connectivity index (χ0v) is 97.5. The molecule has 0 aromatic rings. The molecule has 870 valence electrons. The fourth-order valence-electron chi connectivity index (χ4n) is 11.4. The van der Waals surface area contributed by atoms with Crippen LogP contribution in [0.4, 0.5) is 0 Å². The molecule has 7 amide bonds. The first-order chi connectivity index (χ1) is 69.0. The van der Waals surface area contributed by atoms with Crippen molar-refractivity contribution >= 4 is 125 Å². The number of unbranched alkanes of at least 4 members (excludes halogenated alkanes) is 6. The maximum absolute atomic E-state index is 12.1. The standard InChI is InChI=1S/C15H27NO3.C13H25NO3.C12H24N2O6S2.C12H23NO4.C12H23NO3.C11H21NO3.C10H19N3O4.C8H16O2.C6H12O.C5H12N2O/c1-3-4-11-19-12-8-14(18)16-15(13(2)17)9-6-5-7-10-15;1-5-6-8-17-9-7-12(16)14-13(10(2)3)11(4)15;1-9(15)10(5-7-21(3,17)18)14-12(16)11(13-2)6-8-22(4,19)20;1-4-5-7-16-8-6-12(15)13-9-10(2)17-11(3)14;1-5-6-8-16-9-7-11(15)13-12(3,4)10(2)14;1-4-5-7-15-8-6-11(14)12-9(2)10(3)13;1-6(14)8(3-4-9(15)16)13-10(17)7(11)5-12-2;1-3-4-6-10-7-5-8(2)9;1-4-5(2)6(3)7;1-4(8)5(6)3-7-2/h3-12H2,1-2H3,(H,16,18);10,13H,5-9H2,1-4H3,(H,14,16);10-11,13H,5-8H2,1-4H3,(H,14,16);10H,4-9H2,1-3H3,(H,13,15);5-9H2,1-4H3,(H,13,15);9H,4-8H2,1-3H3,(H,12,14);7-8,12H,3-5,11H2,1-2H3,(H,13,17)(H,15,16);3-7H2,1-2H3;5H,4H2,1-3H3;5,7H,3,6H2,1-2H3/t;13-;10-,11-;10-;;9-;7-,8-;;2*5-/m.100.11.11/s1. The van der Waals surface area contributed by atoms with E-state index in [2.05, 4.69) is 94.7 Å². The monoisotopic (exact) mass is 2160 g/mol. The van der Waals surface area contributed by atoms with Gasteiger partial charge in [0.1, 0.15) is 43.1 Å². The molecule has 0 aromatic heterocycles.